The summed E-state index contributed by atoms with van der Waals surface area (Å²) in [6.45, 7) is 6.13. The van der Waals surface area contributed by atoms with Crippen molar-refractivity contribution in [2.24, 2.45) is 0 Å². The molecule has 7 heteroatoms. The molecule has 1 N–H and O–H groups in total. The Morgan fingerprint density at radius 2 is 1.78 bits per heavy atom. The summed E-state index contributed by atoms with van der Waals surface area (Å²) in [4.78, 5) is 15.0. The highest BCUT2D eigenvalue weighted by atomic mass is 35.5. The van der Waals surface area contributed by atoms with Crippen LogP contribution in [0.1, 0.15) is 13.8 Å². The zero-order valence-electron chi connectivity index (χ0n) is 15.3. The van der Waals surface area contributed by atoms with Gasteiger partial charge in [-0.2, -0.15) is 0 Å². The number of nitrogens with zero attached hydrogens (tertiary/aromatic N) is 1. The number of ether oxygens (including phenoxy) is 2. The van der Waals surface area contributed by atoms with Crippen LogP contribution in [-0.4, -0.2) is 37.8 Å². The van der Waals surface area contributed by atoms with Gasteiger partial charge in [0.25, 0.3) is 5.91 Å². The van der Waals surface area contributed by atoms with Crippen molar-refractivity contribution in [1.29, 1.82) is 0 Å². The number of benzene rings is 2. The van der Waals surface area contributed by atoms with E-state index in [2.05, 4.69) is 10.2 Å². The summed E-state index contributed by atoms with van der Waals surface area (Å²) in [5.74, 6) is 0.299. The van der Waals surface area contributed by atoms with Gasteiger partial charge in [0.1, 0.15) is 5.75 Å². The molecule has 0 unspecified atom stereocenters. The number of hydrogen-bond donors (Lipinski definition) is 1. The Morgan fingerprint density at radius 1 is 1.11 bits per heavy atom. The Morgan fingerprint density at radius 3 is 2.44 bits per heavy atom. The highest BCUT2D eigenvalue weighted by Gasteiger charge is 2.31. The van der Waals surface area contributed by atoms with Crippen molar-refractivity contribution in [1.82, 2.24) is 0 Å². The van der Waals surface area contributed by atoms with E-state index in [0.717, 1.165) is 18.8 Å². The number of hydrogen-bond acceptors (Lipinski definition) is 4. The lowest BCUT2D eigenvalue weighted by atomic mass is 10.1. The molecule has 2 aromatic carbocycles. The number of halogens is 2. The highest BCUT2D eigenvalue weighted by Crippen LogP contribution is 2.35. The number of nitrogens with one attached hydrogen (secondary N) is 1. The maximum absolute atomic E-state index is 12.9. The van der Waals surface area contributed by atoms with Crippen molar-refractivity contribution in [3.63, 3.8) is 0 Å². The smallest absolute Gasteiger partial charge is 0.268 e. The van der Waals surface area contributed by atoms with E-state index in [-0.39, 0.29) is 5.91 Å². The molecule has 1 fully saturated rings. The fourth-order valence-electron chi connectivity index (χ4n) is 2.84. The Labute approximate surface area is 169 Å². The van der Waals surface area contributed by atoms with Crippen molar-refractivity contribution < 1.29 is 14.3 Å². The Hall–Kier alpha value is -1.95. The first-order valence-corrected chi connectivity index (χ1v) is 9.50. The molecule has 0 aromatic heterocycles. The molecule has 1 saturated heterocycles. The van der Waals surface area contributed by atoms with Gasteiger partial charge in [-0.1, -0.05) is 29.3 Å². The molecule has 3 rings (SSSR count). The molecular formula is C20H22Cl2N2O3. The molecule has 5 nitrogen and oxygen atoms in total. The Balaban J connectivity index is 1.78. The van der Waals surface area contributed by atoms with Gasteiger partial charge in [-0.15, -0.1) is 0 Å². The van der Waals surface area contributed by atoms with Gasteiger partial charge in [0.15, 0.2) is 5.60 Å². The molecule has 0 spiro atoms. The van der Waals surface area contributed by atoms with E-state index < -0.39 is 5.60 Å². The lowest BCUT2D eigenvalue weighted by Crippen LogP contribution is -2.43. The lowest BCUT2D eigenvalue weighted by molar-refractivity contribution is -0.128. The van der Waals surface area contributed by atoms with Crippen molar-refractivity contribution in [2.45, 2.75) is 19.4 Å². The first-order chi connectivity index (χ1) is 12.9. The minimum absolute atomic E-state index is 0.269. The number of rotatable bonds is 5. The van der Waals surface area contributed by atoms with Gasteiger partial charge in [0.05, 0.1) is 29.6 Å². The topological polar surface area (TPSA) is 50.8 Å². The standard InChI is InChI=1S/C20H22Cl2N2O3/c1-20(2,27-15-8-6-14(21)7-9-15)19(25)23-17-5-3-4-16(22)18(17)24-10-12-26-13-11-24/h3-9H,10-13H2,1-2H3,(H,23,25). The van der Waals surface area contributed by atoms with Crippen LogP contribution in [0.15, 0.2) is 42.5 Å². The molecule has 1 aliphatic rings. The van der Waals surface area contributed by atoms with Gasteiger partial charge in [-0.25, -0.2) is 0 Å². The van der Waals surface area contributed by atoms with E-state index >= 15 is 0 Å². The molecule has 0 radical (unpaired) electrons. The molecule has 1 aliphatic heterocycles. The lowest BCUT2D eigenvalue weighted by Gasteiger charge is -2.32. The summed E-state index contributed by atoms with van der Waals surface area (Å²) in [7, 11) is 0. The minimum Gasteiger partial charge on any atom is -0.478 e. The third kappa shape index (κ3) is 4.86. The summed E-state index contributed by atoms with van der Waals surface area (Å²) in [6, 6.07) is 12.4. The maximum Gasteiger partial charge on any atom is 0.268 e. The molecule has 0 aliphatic carbocycles. The number of morpholine rings is 1. The fourth-order valence-corrected chi connectivity index (χ4v) is 3.26. The van der Waals surface area contributed by atoms with Gasteiger partial charge < -0.3 is 19.7 Å². The summed E-state index contributed by atoms with van der Waals surface area (Å²) in [6.07, 6.45) is 0. The average Bonchev–Trinajstić information content (AvgIpc) is 2.64. The van der Waals surface area contributed by atoms with Crippen LogP contribution in [0.4, 0.5) is 11.4 Å². The van der Waals surface area contributed by atoms with Crippen LogP contribution in [0, 0.1) is 0 Å². The second-order valence-corrected chi connectivity index (χ2v) is 7.60. The number of amides is 1. The van der Waals surface area contributed by atoms with Crippen LogP contribution in [0.5, 0.6) is 5.75 Å². The number of para-hydroxylation sites is 1. The maximum atomic E-state index is 12.9. The zero-order chi connectivity index (χ0) is 19.4. The normalized spacial score (nSPS) is 14.7. The molecule has 0 bridgehead atoms. The Bertz CT molecular complexity index is 803. The SMILES string of the molecule is CC(C)(Oc1ccc(Cl)cc1)C(=O)Nc1cccc(Cl)c1N1CCOCC1. The van der Waals surface area contributed by atoms with Crippen LogP contribution in [-0.2, 0) is 9.53 Å². The fraction of sp³-hybridized carbons (Fsp3) is 0.350. The van der Waals surface area contributed by atoms with Gasteiger partial charge in [0.2, 0.25) is 0 Å². The summed E-state index contributed by atoms with van der Waals surface area (Å²) >= 11 is 12.3. The monoisotopic (exact) mass is 408 g/mol. The number of carbonyl (C=O) groups is 1. The molecule has 1 amide bonds. The predicted molar refractivity (Wildman–Crippen MR) is 109 cm³/mol. The predicted octanol–water partition coefficient (Wildman–Crippen LogP) is 4.63. The van der Waals surface area contributed by atoms with E-state index in [9.17, 15) is 4.79 Å². The van der Waals surface area contributed by atoms with Crippen molar-refractivity contribution in [3.8, 4) is 5.75 Å². The van der Waals surface area contributed by atoms with Crippen LogP contribution < -0.4 is 15.0 Å². The van der Waals surface area contributed by atoms with Gasteiger partial charge in [-0.3, -0.25) is 4.79 Å². The van der Waals surface area contributed by atoms with E-state index in [1.807, 2.05) is 18.2 Å². The van der Waals surface area contributed by atoms with Crippen molar-refractivity contribution in [2.75, 3.05) is 36.5 Å². The van der Waals surface area contributed by atoms with Gasteiger partial charge in [-0.05, 0) is 50.2 Å². The second kappa shape index (κ2) is 8.38. The third-order valence-corrected chi connectivity index (χ3v) is 4.85. The molecule has 0 atom stereocenters. The molecule has 2 aromatic rings. The number of carbonyl (C=O) groups excluding carboxylic acids is 1. The van der Waals surface area contributed by atoms with Crippen molar-refractivity contribution in [3.05, 3.63) is 52.5 Å². The summed E-state index contributed by atoms with van der Waals surface area (Å²) < 4.78 is 11.3. The summed E-state index contributed by atoms with van der Waals surface area (Å²) in [5, 5.41) is 4.16. The third-order valence-electron chi connectivity index (χ3n) is 4.30. The molecule has 27 heavy (non-hydrogen) atoms. The van der Waals surface area contributed by atoms with Gasteiger partial charge in [0, 0.05) is 18.1 Å². The summed E-state index contributed by atoms with van der Waals surface area (Å²) in [5.41, 5.74) is 0.374. The first-order valence-electron chi connectivity index (χ1n) is 8.74. The van der Waals surface area contributed by atoms with E-state index in [0.29, 0.717) is 34.7 Å². The molecule has 144 valence electrons. The van der Waals surface area contributed by atoms with Crippen LogP contribution in [0.2, 0.25) is 10.0 Å². The van der Waals surface area contributed by atoms with Gasteiger partial charge >= 0.3 is 0 Å². The minimum atomic E-state index is -1.08. The average molecular weight is 409 g/mol. The number of anilines is 2. The van der Waals surface area contributed by atoms with Crippen molar-refractivity contribution >= 4 is 40.5 Å². The second-order valence-electron chi connectivity index (χ2n) is 6.76. The largest absolute Gasteiger partial charge is 0.478 e. The van der Waals surface area contributed by atoms with E-state index in [1.165, 1.54) is 0 Å². The highest BCUT2D eigenvalue weighted by molar-refractivity contribution is 6.34. The van der Waals surface area contributed by atoms with Crippen LogP contribution in [0.3, 0.4) is 0 Å². The molecule has 1 heterocycles. The quantitative estimate of drug-likeness (QED) is 0.783. The van der Waals surface area contributed by atoms with Crippen LogP contribution in [0.25, 0.3) is 0 Å². The van der Waals surface area contributed by atoms with Crippen LogP contribution >= 0.6 is 23.2 Å². The first kappa shape index (κ1) is 19.8. The Kier molecular flexibility index (Phi) is 6.15. The zero-order valence-corrected chi connectivity index (χ0v) is 16.8. The molecule has 0 saturated carbocycles. The van der Waals surface area contributed by atoms with E-state index in [1.54, 1.807) is 38.1 Å². The molecular weight excluding hydrogens is 387 g/mol. The van der Waals surface area contributed by atoms with E-state index in [4.69, 9.17) is 32.7 Å².